The van der Waals surface area contributed by atoms with E-state index in [0.717, 1.165) is 27.9 Å². The summed E-state index contributed by atoms with van der Waals surface area (Å²) in [6.45, 7) is 3.95. The largest absolute Gasteiger partial charge is 0.270 e. The molecule has 0 aliphatic rings. The number of benzene rings is 1. The summed E-state index contributed by atoms with van der Waals surface area (Å²) in [7, 11) is 0. The van der Waals surface area contributed by atoms with Crippen molar-refractivity contribution >= 4 is 17.4 Å². The van der Waals surface area contributed by atoms with Gasteiger partial charge in [-0.15, -0.1) is 10.2 Å². The van der Waals surface area contributed by atoms with Gasteiger partial charge >= 0.3 is 0 Å². The third-order valence-corrected chi connectivity index (χ3v) is 6.11. The first kappa shape index (κ1) is 20.1. The van der Waals surface area contributed by atoms with Crippen LogP contribution in [0.5, 0.6) is 0 Å². The van der Waals surface area contributed by atoms with Gasteiger partial charge in [-0.1, -0.05) is 35.5 Å². The van der Waals surface area contributed by atoms with Crippen molar-refractivity contribution in [3.8, 4) is 17.1 Å². The van der Waals surface area contributed by atoms with Crippen LogP contribution < -0.4 is 5.56 Å². The van der Waals surface area contributed by atoms with Crippen molar-refractivity contribution in [2.45, 2.75) is 24.8 Å². The van der Waals surface area contributed by atoms with Gasteiger partial charge in [-0.3, -0.25) is 18.7 Å². The zero-order chi connectivity index (χ0) is 22.1. The summed E-state index contributed by atoms with van der Waals surface area (Å²) in [4.78, 5) is 21.4. The normalized spacial score (nSPS) is 11.2. The Hall–Kier alpha value is -3.78. The number of hydrogen-bond donors (Lipinski definition) is 0. The molecule has 32 heavy (non-hydrogen) atoms. The third kappa shape index (κ3) is 3.80. The summed E-state index contributed by atoms with van der Waals surface area (Å²) < 4.78 is 3.64. The van der Waals surface area contributed by atoms with Crippen LogP contribution in [-0.2, 0) is 5.75 Å². The molecule has 0 atom stereocenters. The van der Waals surface area contributed by atoms with Crippen LogP contribution in [0, 0.1) is 13.8 Å². The summed E-state index contributed by atoms with van der Waals surface area (Å²) >= 11 is 1.50. The Morgan fingerprint density at radius 1 is 0.938 bits per heavy atom. The smallest absolute Gasteiger partial charge is 0.258 e. The number of aryl methyl sites for hydroxylation is 2. The zero-order valence-electron chi connectivity index (χ0n) is 17.6. The lowest BCUT2D eigenvalue weighted by Crippen LogP contribution is -2.17. The second-order valence-corrected chi connectivity index (χ2v) is 8.39. The molecule has 0 aliphatic heterocycles. The molecule has 0 saturated heterocycles. The SMILES string of the molecule is Cc1ccc(-n2c(SCc3cc(=O)n4c(C)cccc4n3)nnc2-c2ccncc2)cc1. The Morgan fingerprint density at radius 3 is 2.50 bits per heavy atom. The number of hydrogen-bond acceptors (Lipinski definition) is 6. The Morgan fingerprint density at radius 2 is 1.72 bits per heavy atom. The molecule has 0 aliphatic carbocycles. The first-order valence-electron chi connectivity index (χ1n) is 10.1. The molecule has 158 valence electrons. The van der Waals surface area contributed by atoms with Crippen LogP contribution in [0.2, 0.25) is 0 Å². The molecule has 0 N–H and O–H groups in total. The van der Waals surface area contributed by atoms with E-state index in [9.17, 15) is 4.79 Å². The highest BCUT2D eigenvalue weighted by atomic mass is 32.2. The van der Waals surface area contributed by atoms with Gasteiger partial charge < -0.3 is 0 Å². The highest BCUT2D eigenvalue weighted by Gasteiger charge is 2.17. The predicted octanol–water partition coefficient (Wildman–Crippen LogP) is 4.25. The highest BCUT2D eigenvalue weighted by Crippen LogP contribution is 2.29. The van der Waals surface area contributed by atoms with Gasteiger partial charge in [0, 0.05) is 41.2 Å². The zero-order valence-corrected chi connectivity index (χ0v) is 18.5. The molecule has 0 radical (unpaired) electrons. The Bertz CT molecular complexity index is 1460. The Balaban J connectivity index is 1.53. The van der Waals surface area contributed by atoms with E-state index >= 15 is 0 Å². The molecule has 5 aromatic rings. The Labute approximate surface area is 188 Å². The number of thioether (sulfide) groups is 1. The minimum atomic E-state index is -0.0822. The maximum Gasteiger partial charge on any atom is 0.258 e. The van der Waals surface area contributed by atoms with E-state index in [1.165, 1.54) is 17.3 Å². The fourth-order valence-electron chi connectivity index (χ4n) is 3.55. The van der Waals surface area contributed by atoms with Crippen molar-refractivity contribution in [1.29, 1.82) is 0 Å². The van der Waals surface area contributed by atoms with Crippen molar-refractivity contribution in [1.82, 2.24) is 29.1 Å². The molecule has 0 bridgehead atoms. The highest BCUT2D eigenvalue weighted by molar-refractivity contribution is 7.98. The van der Waals surface area contributed by atoms with Crippen LogP contribution in [0.15, 0.2) is 83.0 Å². The van der Waals surface area contributed by atoms with Gasteiger partial charge in [-0.2, -0.15) is 0 Å². The lowest BCUT2D eigenvalue weighted by Gasteiger charge is -2.11. The Kier molecular flexibility index (Phi) is 5.28. The fraction of sp³-hybridized carbons (Fsp3) is 0.125. The lowest BCUT2D eigenvalue weighted by atomic mass is 10.2. The molecule has 0 unspecified atom stereocenters. The van der Waals surface area contributed by atoms with Gasteiger partial charge in [-0.25, -0.2) is 4.98 Å². The maximum atomic E-state index is 12.6. The summed E-state index contributed by atoms with van der Waals surface area (Å²) in [6, 6.07) is 19.3. The summed E-state index contributed by atoms with van der Waals surface area (Å²) in [5.41, 5.74) is 5.20. The minimum absolute atomic E-state index is 0.0822. The van der Waals surface area contributed by atoms with E-state index in [1.54, 1.807) is 22.9 Å². The monoisotopic (exact) mass is 440 g/mol. The molecule has 0 spiro atoms. The van der Waals surface area contributed by atoms with Crippen molar-refractivity contribution in [3.63, 3.8) is 0 Å². The van der Waals surface area contributed by atoms with Crippen molar-refractivity contribution < 1.29 is 0 Å². The number of aromatic nitrogens is 6. The second-order valence-electron chi connectivity index (χ2n) is 7.45. The molecule has 4 aromatic heterocycles. The van der Waals surface area contributed by atoms with Crippen LogP contribution in [0.3, 0.4) is 0 Å². The van der Waals surface area contributed by atoms with Crippen molar-refractivity contribution in [2.24, 2.45) is 0 Å². The number of pyridine rings is 2. The first-order valence-corrected chi connectivity index (χ1v) is 11.1. The molecule has 1 aromatic carbocycles. The predicted molar refractivity (Wildman–Crippen MR) is 125 cm³/mol. The van der Waals surface area contributed by atoms with E-state index in [1.807, 2.05) is 41.8 Å². The van der Waals surface area contributed by atoms with Gasteiger partial charge in [0.25, 0.3) is 5.56 Å². The van der Waals surface area contributed by atoms with Gasteiger partial charge in [0.15, 0.2) is 11.0 Å². The minimum Gasteiger partial charge on any atom is -0.270 e. The van der Waals surface area contributed by atoms with E-state index in [2.05, 4.69) is 51.4 Å². The van der Waals surface area contributed by atoms with Crippen LogP contribution in [0.4, 0.5) is 0 Å². The summed E-state index contributed by atoms with van der Waals surface area (Å²) in [5, 5.41) is 9.63. The van der Waals surface area contributed by atoms with Gasteiger partial charge in [0.2, 0.25) is 0 Å². The number of nitrogens with zero attached hydrogens (tertiary/aromatic N) is 6. The molecule has 5 rings (SSSR count). The van der Waals surface area contributed by atoms with Gasteiger partial charge in [0.05, 0.1) is 5.69 Å². The third-order valence-electron chi connectivity index (χ3n) is 5.15. The average molecular weight is 441 g/mol. The molecule has 4 heterocycles. The first-order chi connectivity index (χ1) is 15.6. The molecule has 8 heteroatoms. The molecular weight excluding hydrogens is 420 g/mol. The lowest BCUT2D eigenvalue weighted by molar-refractivity contribution is 0.883. The average Bonchev–Trinajstić information content (AvgIpc) is 3.22. The number of fused-ring (bicyclic) bond motifs is 1. The fourth-order valence-corrected chi connectivity index (χ4v) is 4.40. The number of rotatable bonds is 5. The second kappa shape index (κ2) is 8.39. The summed E-state index contributed by atoms with van der Waals surface area (Å²) in [5.74, 6) is 1.24. The molecular formula is C24H20N6OS. The quantitative estimate of drug-likeness (QED) is 0.380. The maximum absolute atomic E-state index is 12.6. The summed E-state index contributed by atoms with van der Waals surface area (Å²) in [6.07, 6.45) is 3.48. The van der Waals surface area contributed by atoms with E-state index in [4.69, 9.17) is 0 Å². The molecule has 0 fully saturated rings. The van der Waals surface area contributed by atoms with E-state index < -0.39 is 0 Å². The van der Waals surface area contributed by atoms with Gasteiger partial charge in [0.1, 0.15) is 5.65 Å². The van der Waals surface area contributed by atoms with Crippen LogP contribution in [0.25, 0.3) is 22.7 Å². The molecule has 7 nitrogen and oxygen atoms in total. The molecule has 0 amide bonds. The standard InChI is InChI=1S/C24H20N6OS/c1-16-6-8-20(9-7-16)30-23(18-10-12-25-13-11-18)27-28-24(30)32-15-19-14-22(31)29-17(2)4-3-5-21(29)26-19/h3-14H,15H2,1-2H3. The van der Waals surface area contributed by atoms with Crippen LogP contribution in [0.1, 0.15) is 17.0 Å². The van der Waals surface area contributed by atoms with E-state index in [-0.39, 0.29) is 5.56 Å². The van der Waals surface area contributed by atoms with E-state index in [0.29, 0.717) is 17.1 Å². The van der Waals surface area contributed by atoms with Crippen LogP contribution in [-0.4, -0.2) is 29.1 Å². The van der Waals surface area contributed by atoms with Gasteiger partial charge in [-0.05, 0) is 50.2 Å². The van der Waals surface area contributed by atoms with Crippen LogP contribution >= 0.6 is 11.8 Å². The van der Waals surface area contributed by atoms with Crippen molar-refractivity contribution in [2.75, 3.05) is 0 Å². The van der Waals surface area contributed by atoms with Crippen molar-refractivity contribution in [3.05, 3.63) is 100 Å². The molecule has 0 saturated carbocycles. The topological polar surface area (TPSA) is 78.0 Å².